The number of hydrogen-bond donors (Lipinski definition) is 1. The largest absolute Gasteiger partial charge is 0.474 e. The summed E-state index contributed by atoms with van der Waals surface area (Å²) in [5.41, 5.74) is 3.19. The summed E-state index contributed by atoms with van der Waals surface area (Å²) < 4.78 is 18.6. The molecule has 0 atom stereocenters. The Kier molecular flexibility index (Phi) is 5.98. The summed E-state index contributed by atoms with van der Waals surface area (Å²) in [4.78, 5) is 10.8. The Labute approximate surface area is 179 Å². The van der Waals surface area contributed by atoms with Crippen molar-refractivity contribution in [2.45, 2.75) is 44.6 Å². The Bertz CT molecular complexity index is 1010. The van der Waals surface area contributed by atoms with Crippen molar-refractivity contribution in [3.8, 4) is 18.0 Å². The van der Waals surface area contributed by atoms with Crippen molar-refractivity contribution in [1.29, 1.82) is 10.5 Å². The van der Waals surface area contributed by atoms with Gasteiger partial charge in [-0.3, -0.25) is 4.90 Å². The number of ether oxygens (including phenoxy) is 1. The number of rotatable bonds is 6. The van der Waals surface area contributed by atoms with Gasteiger partial charge in [-0.15, -0.1) is 0 Å². The van der Waals surface area contributed by atoms with Crippen molar-refractivity contribution in [3.63, 3.8) is 0 Å². The van der Waals surface area contributed by atoms with E-state index in [2.05, 4.69) is 26.3 Å². The third-order valence-electron chi connectivity index (χ3n) is 5.40. The number of nitriles is 2. The number of nitrogens with one attached hydrogen (secondary N) is 1. The number of halogens is 2. The van der Waals surface area contributed by atoms with Crippen LogP contribution in [0, 0.1) is 22.7 Å². The second-order valence-electron chi connectivity index (χ2n) is 7.48. The molecule has 4 rings (SSSR count). The first-order valence-corrected chi connectivity index (χ1v) is 10.2. The van der Waals surface area contributed by atoms with Crippen molar-refractivity contribution in [1.82, 2.24) is 14.9 Å². The smallest absolute Gasteiger partial charge is 0.213 e. The second-order valence-corrected chi connectivity index (χ2v) is 7.84. The molecule has 0 amide bonds. The number of pyridine rings is 2. The fraction of sp³-hybridized carbons (Fsp3) is 0.429. The van der Waals surface area contributed by atoms with E-state index >= 15 is 0 Å². The van der Waals surface area contributed by atoms with Gasteiger partial charge in [-0.1, -0.05) is 17.7 Å². The average molecular weight is 427 g/mol. The predicted molar refractivity (Wildman–Crippen MR) is 109 cm³/mol. The summed E-state index contributed by atoms with van der Waals surface area (Å²) in [6, 6.07) is 7.96. The standard InChI is InChI=1S/C21H20ClFN6O/c22-20-17(9-25)18-12-29(6-3-16(18)21(28-20)26-5-4-24)11-13-1-2-19(27-10-13)30-15-7-14(23)8-15/h1-2,10,14-15H,3,5-8,11-12H2,(H,26,28)/t14-,15-. The molecule has 154 valence electrons. The molecule has 0 spiro atoms. The van der Waals surface area contributed by atoms with Crippen LogP contribution < -0.4 is 10.1 Å². The number of fused-ring (bicyclic) bond motifs is 1. The first-order valence-electron chi connectivity index (χ1n) is 9.77. The van der Waals surface area contributed by atoms with Crippen LogP contribution in [0.2, 0.25) is 5.15 Å². The molecular formula is C21H20ClFN6O. The van der Waals surface area contributed by atoms with Gasteiger partial charge in [-0.25, -0.2) is 14.4 Å². The zero-order chi connectivity index (χ0) is 21.1. The van der Waals surface area contributed by atoms with Gasteiger partial charge in [0, 0.05) is 50.3 Å². The maximum absolute atomic E-state index is 12.9. The lowest BCUT2D eigenvalue weighted by atomic mass is 9.94. The van der Waals surface area contributed by atoms with Crippen molar-refractivity contribution < 1.29 is 9.13 Å². The Hall–Kier alpha value is -2.94. The van der Waals surface area contributed by atoms with Crippen LogP contribution in [0.5, 0.6) is 5.88 Å². The van der Waals surface area contributed by atoms with Crippen LogP contribution in [0.15, 0.2) is 18.3 Å². The monoisotopic (exact) mass is 426 g/mol. The van der Waals surface area contributed by atoms with E-state index in [4.69, 9.17) is 21.6 Å². The SMILES string of the molecule is N#CCNc1nc(Cl)c(C#N)c2c1CCN(Cc1ccc(O[C@H]3C[C@H](F)C3)nc1)C2. The zero-order valence-corrected chi connectivity index (χ0v) is 17.0. The number of aromatic nitrogens is 2. The molecule has 0 radical (unpaired) electrons. The lowest BCUT2D eigenvalue weighted by Crippen LogP contribution is -2.35. The molecule has 7 nitrogen and oxygen atoms in total. The van der Waals surface area contributed by atoms with E-state index < -0.39 is 6.17 Å². The molecule has 2 aliphatic rings. The van der Waals surface area contributed by atoms with Gasteiger partial charge < -0.3 is 10.1 Å². The first-order chi connectivity index (χ1) is 14.6. The lowest BCUT2D eigenvalue weighted by molar-refractivity contribution is 0.0377. The third kappa shape index (κ3) is 4.30. The van der Waals surface area contributed by atoms with Gasteiger partial charge in [0.25, 0.3) is 0 Å². The van der Waals surface area contributed by atoms with Crippen LogP contribution in [0.1, 0.15) is 35.1 Å². The van der Waals surface area contributed by atoms with E-state index in [9.17, 15) is 9.65 Å². The van der Waals surface area contributed by atoms with Gasteiger partial charge in [0.15, 0.2) is 0 Å². The van der Waals surface area contributed by atoms with Gasteiger partial charge in [-0.05, 0) is 17.5 Å². The molecular weight excluding hydrogens is 407 g/mol. The molecule has 0 aromatic carbocycles. The van der Waals surface area contributed by atoms with Crippen LogP contribution in [-0.4, -0.2) is 40.2 Å². The molecule has 1 aliphatic carbocycles. The molecule has 0 bridgehead atoms. The van der Waals surface area contributed by atoms with Crippen LogP contribution in [0.4, 0.5) is 10.2 Å². The Morgan fingerprint density at radius 2 is 2.13 bits per heavy atom. The summed E-state index contributed by atoms with van der Waals surface area (Å²) in [7, 11) is 0. The van der Waals surface area contributed by atoms with Crippen molar-refractivity contribution in [2.24, 2.45) is 0 Å². The summed E-state index contributed by atoms with van der Waals surface area (Å²) in [6.07, 6.45) is 2.49. The minimum atomic E-state index is -0.756. The van der Waals surface area contributed by atoms with Gasteiger partial charge in [0.05, 0.1) is 11.6 Å². The quantitative estimate of drug-likeness (QED) is 0.558. The highest BCUT2D eigenvalue weighted by atomic mass is 35.5. The molecule has 1 saturated carbocycles. The first kappa shape index (κ1) is 20.3. The molecule has 2 aromatic rings. The summed E-state index contributed by atoms with van der Waals surface area (Å²) in [5, 5.41) is 21.5. The maximum atomic E-state index is 12.9. The zero-order valence-electron chi connectivity index (χ0n) is 16.2. The number of nitrogens with zero attached hydrogens (tertiary/aromatic N) is 5. The molecule has 1 aliphatic heterocycles. The van der Waals surface area contributed by atoms with E-state index in [0.29, 0.717) is 49.6 Å². The van der Waals surface area contributed by atoms with Gasteiger partial charge >= 0.3 is 0 Å². The average Bonchev–Trinajstić information content (AvgIpc) is 2.72. The fourth-order valence-electron chi connectivity index (χ4n) is 3.78. The summed E-state index contributed by atoms with van der Waals surface area (Å²) in [6.45, 7) is 2.12. The molecule has 2 aromatic heterocycles. The number of alkyl halides is 1. The highest BCUT2D eigenvalue weighted by Crippen LogP contribution is 2.32. The topological polar surface area (TPSA) is 97.9 Å². The van der Waals surface area contributed by atoms with E-state index in [1.54, 1.807) is 6.20 Å². The molecule has 9 heteroatoms. The molecule has 1 N–H and O–H groups in total. The van der Waals surface area contributed by atoms with Crippen molar-refractivity contribution in [2.75, 3.05) is 18.4 Å². The highest BCUT2D eigenvalue weighted by Gasteiger charge is 2.31. The van der Waals surface area contributed by atoms with Gasteiger partial charge in [-0.2, -0.15) is 10.5 Å². The number of anilines is 1. The van der Waals surface area contributed by atoms with E-state index in [-0.39, 0.29) is 17.8 Å². The maximum Gasteiger partial charge on any atom is 0.213 e. The normalized spacial score (nSPS) is 20.4. The molecule has 0 unspecified atom stereocenters. The molecule has 0 saturated heterocycles. The summed E-state index contributed by atoms with van der Waals surface area (Å²) in [5.74, 6) is 1.09. The molecule has 30 heavy (non-hydrogen) atoms. The van der Waals surface area contributed by atoms with Gasteiger partial charge in [0.2, 0.25) is 5.88 Å². The Morgan fingerprint density at radius 1 is 1.30 bits per heavy atom. The number of hydrogen-bond acceptors (Lipinski definition) is 7. The summed E-state index contributed by atoms with van der Waals surface area (Å²) >= 11 is 6.22. The van der Waals surface area contributed by atoms with E-state index in [0.717, 1.165) is 23.2 Å². The van der Waals surface area contributed by atoms with E-state index in [1.807, 2.05) is 18.2 Å². The van der Waals surface area contributed by atoms with Crippen LogP contribution >= 0.6 is 11.6 Å². The molecule has 3 heterocycles. The van der Waals surface area contributed by atoms with Gasteiger partial charge in [0.1, 0.15) is 35.9 Å². The fourth-order valence-corrected chi connectivity index (χ4v) is 4.02. The van der Waals surface area contributed by atoms with Crippen LogP contribution in [-0.2, 0) is 19.5 Å². The van der Waals surface area contributed by atoms with E-state index in [1.165, 1.54) is 0 Å². The lowest BCUT2D eigenvalue weighted by Gasteiger charge is -2.31. The Morgan fingerprint density at radius 3 is 2.80 bits per heavy atom. The third-order valence-corrected chi connectivity index (χ3v) is 5.68. The van der Waals surface area contributed by atoms with Crippen LogP contribution in [0.3, 0.4) is 0 Å². The second kappa shape index (κ2) is 8.83. The van der Waals surface area contributed by atoms with Crippen molar-refractivity contribution >= 4 is 17.4 Å². The minimum Gasteiger partial charge on any atom is -0.474 e. The minimum absolute atomic E-state index is 0.0801. The molecule has 1 fully saturated rings. The predicted octanol–water partition coefficient (Wildman–Crippen LogP) is 3.37. The highest BCUT2D eigenvalue weighted by molar-refractivity contribution is 6.30. The van der Waals surface area contributed by atoms with Crippen molar-refractivity contribution in [3.05, 3.63) is 45.7 Å². The van der Waals surface area contributed by atoms with Crippen LogP contribution in [0.25, 0.3) is 0 Å². The Balaban J connectivity index is 1.45.